The maximum Gasteiger partial charge on any atom is -0.0295 e. The Morgan fingerprint density at radius 1 is 1.10 bits per heavy atom. The van der Waals surface area contributed by atoms with E-state index in [0.717, 1.165) is 17.3 Å². The molecule has 0 amide bonds. The maximum atomic E-state index is 2.49. The number of rotatable bonds is 0. The Kier molecular flexibility index (Phi) is 0.735. The SMILES string of the molecule is CC1(C)C2CC3CC3C1C2. The van der Waals surface area contributed by atoms with Gasteiger partial charge in [-0.2, -0.15) is 0 Å². The van der Waals surface area contributed by atoms with E-state index in [-0.39, 0.29) is 0 Å². The van der Waals surface area contributed by atoms with Crippen molar-refractivity contribution in [1.29, 1.82) is 0 Å². The van der Waals surface area contributed by atoms with Crippen molar-refractivity contribution in [3.05, 3.63) is 0 Å². The monoisotopic (exact) mass is 136 g/mol. The predicted octanol–water partition coefficient (Wildman–Crippen LogP) is 2.69. The Balaban J connectivity index is 1.94. The molecule has 56 valence electrons. The van der Waals surface area contributed by atoms with E-state index < -0.39 is 0 Å². The van der Waals surface area contributed by atoms with Gasteiger partial charge in [-0.3, -0.25) is 0 Å². The predicted molar refractivity (Wildman–Crippen MR) is 41.6 cm³/mol. The zero-order valence-electron chi connectivity index (χ0n) is 6.93. The van der Waals surface area contributed by atoms with Gasteiger partial charge in [0, 0.05) is 0 Å². The summed E-state index contributed by atoms with van der Waals surface area (Å²) in [4.78, 5) is 0. The van der Waals surface area contributed by atoms with Crippen molar-refractivity contribution >= 4 is 0 Å². The average molecular weight is 136 g/mol. The molecule has 10 heavy (non-hydrogen) atoms. The number of hydrogen-bond donors (Lipinski definition) is 0. The Hall–Kier alpha value is 0. The first kappa shape index (κ1) is 5.62. The van der Waals surface area contributed by atoms with Crippen molar-refractivity contribution in [2.45, 2.75) is 33.1 Å². The van der Waals surface area contributed by atoms with Gasteiger partial charge in [-0.05, 0) is 48.3 Å². The molecule has 0 nitrogen and oxygen atoms in total. The Morgan fingerprint density at radius 3 is 2.40 bits per heavy atom. The summed E-state index contributed by atoms with van der Waals surface area (Å²) in [5.74, 6) is 4.62. The van der Waals surface area contributed by atoms with Crippen molar-refractivity contribution in [1.82, 2.24) is 0 Å². The third kappa shape index (κ3) is 0.436. The standard InChI is InChI=1S/C10H16/c1-10(2)7-3-6-4-8(6)9(10)5-7/h6-9H,3-5H2,1-2H3. The van der Waals surface area contributed by atoms with Gasteiger partial charge in [0.15, 0.2) is 0 Å². The second-order valence-electron chi connectivity index (χ2n) is 5.26. The summed E-state index contributed by atoms with van der Waals surface area (Å²) in [6, 6.07) is 0. The molecule has 0 aliphatic heterocycles. The van der Waals surface area contributed by atoms with Crippen LogP contribution < -0.4 is 0 Å². The van der Waals surface area contributed by atoms with E-state index in [9.17, 15) is 0 Å². The largest absolute Gasteiger partial charge is 0.0594 e. The van der Waals surface area contributed by atoms with Crippen molar-refractivity contribution < 1.29 is 0 Å². The van der Waals surface area contributed by atoms with E-state index in [4.69, 9.17) is 0 Å². The molecule has 0 saturated heterocycles. The van der Waals surface area contributed by atoms with E-state index in [1.807, 2.05) is 0 Å². The Labute approximate surface area is 63.0 Å². The normalized spacial score (nSPS) is 60.6. The van der Waals surface area contributed by atoms with Crippen LogP contribution in [0.5, 0.6) is 0 Å². The lowest BCUT2D eigenvalue weighted by atomic mass is 9.49. The topological polar surface area (TPSA) is 0 Å². The van der Waals surface area contributed by atoms with Crippen LogP contribution in [-0.2, 0) is 0 Å². The first-order chi connectivity index (χ1) is 4.69. The maximum absolute atomic E-state index is 2.49. The summed E-state index contributed by atoms with van der Waals surface area (Å²) < 4.78 is 0. The minimum absolute atomic E-state index is 0.748. The molecule has 2 bridgehead atoms. The van der Waals surface area contributed by atoms with Gasteiger partial charge in [0.25, 0.3) is 0 Å². The van der Waals surface area contributed by atoms with Gasteiger partial charge >= 0.3 is 0 Å². The summed E-state index contributed by atoms with van der Waals surface area (Å²) in [5, 5.41) is 0. The summed E-state index contributed by atoms with van der Waals surface area (Å²) in [6.07, 6.45) is 4.74. The molecule has 0 aromatic heterocycles. The fourth-order valence-corrected chi connectivity index (χ4v) is 3.58. The van der Waals surface area contributed by atoms with Crippen LogP contribution in [0, 0.1) is 29.1 Å². The highest BCUT2D eigenvalue weighted by Crippen LogP contribution is 2.71. The highest BCUT2D eigenvalue weighted by atomic mass is 14.7. The van der Waals surface area contributed by atoms with Gasteiger partial charge in [0.1, 0.15) is 0 Å². The lowest BCUT2D eigenvalue weighted by Gasteiger charge is -2.56. The highest BCUT2D eigenvalue weighted by Gasteiger charge is 2.63. The lowest BCUT2D eigenvalue weighted by Crippen LogP contribution is -2.49. The van der Waals surface area contributed by atoms with E-state index >= 15 is 0 Å². The van der Waals surface area contributed by atoms with E-state index in [1.54, 1.807) is 19.3 Å². The van der Waals surface area contributed by atoms with Crippen molar-refractivity contribution in [3.63, 3.8) is 0 Å². The van der Waals surface area contributed by atoms with Crippen LogP contribution in [-0.4, -0.2) is 0 Å². The molecule has 0 heteroatoms. The van der Waals surface area contributed by atoms with Gasteiger partial charge in [-0.15, -0.1) is 0 Å². The summed E-state index contributed by atoms with van der Waals surface area (Å²) in [5.41, 5.74) is 0.748. The van der Waals surface area contributed by atoms with E-state index in [0.29, 0.717) is 0 Å². The molecule has 0 heterocycles. The first-order valence-electron chi connectivity index (χ1n) is 4.69. The average Bonchev–Trinajstić information content (AvgIpc) is 2.62. The third-order valence-corrected chi connectivity index (χ3v) is 4.63. The molecule has 4 aliphatic rings. The highest BCUT2D eigenvalue weighted by molar-refractivity contribution is 5.12. The molecule has 0 aromatic carbocycles. The second-order valence-corrected chi connectivity index (χ2v) is 5.26. The molecule has 0 spiro atoms. The summed E-state index contributed by atoms with van der Waals surface area (Å²) in [6.45, 7) is 4.97. The fourth-order valence-electron chi connectivity index (χ4n) is 3.58. The molecular weight excluding hydrogens is 120 g/mol. The zero-order chi connectivity index (χ0) is 6.93. The molecule has 4 saturated carbocycles. The first-order valence-corrected chi connectivity index (χ1v) is 4.69. The van der Waals surface area contributed by atoms with Crippen LogP contribution >= 0.6 is 0 Å². The van der Waals surface area contributed by atoms with Crippen LogP contribution in [0.15, 0.2) is 0 Å². The van der Waals surface area contributed by atoms with Crippen LogP contribution in [0.25, 0.3) is 0 Å². The molecule has 4 aliphatic carbocycles. The van der Waals surface area contributed by atoms with Gasteiger partial charge < -0.3 is 0 Å². The molecule has 4 unspecified atom stereocenters. The van der Waals surface area contributed by atoms with Crippen molar-refractivity contribution in [2.24, 2.45) is 29.1 Å². The molecule has 0 N–H and O–H groups in total. The van der Waals surface area contributed by atoms with Gasteiger partial charge in [-0.25, -0.2) is 0 Å². The zero-order valence-corrected chi connectivity index (χ0v) is 6.93. The number of hydrogen-bond acceptors (Lipinski definition) is 0. The van der Waals surface area contributed by atoms with Crippen LogP contribution in [0.2, 0.25) is 0 Å². The van der Waals surface area contributed by atoms with Crippen molar-refractivity contribution in [2.75, 3.05) is 0 Å². The van der Waals surface area contributed by atoms with Gasteiger partial charge in [-0.1, -0.05) is 13.8 Å². The summed E-state index contributed by atoms with van der Waals surface area (Å²) >= 11 is 0. The molecule has 0 aromatic rings. The molecule has 4 fully saturated rings. The quantitative estimate of drug-likeness (QED) is 0.480. The fraction of sp³-hybridized carbons (Fsp3) is 1.00. The molecule has 0 radical (unpaired) electrons. The minimum Gasteiger partial charge on any atom is -0.0594 e. The second kappa shape index (κ2) is 1.31. The summed E-state index contributed by atoms with van der Waals surface area (Å²) in [7, 11) is 0. The Morgan fingerprint density at radius 2 is 1.90 bits per heavy atom. The molecular formula is C10H16. The van der Waals surface area contributed by atoms with Crippen LogP contribution in [0.4, 0.5) is 0 Å². The molecule has 4 atom stereocenters. The lowest BCUT2D eigenvalue weighted by molar-refractivity contribution is -0.0733. The van der Waals surface area contributed by atoms with E-state index in [1.165, 1.54) is 11.8 Å². The van der Waals surface area contributed by atoms with Crippen LogP contribution in [0.1, 0.15) is 33.1 Å². The molecule has 4 rings (SSSR count). The Bertz CT molecular complexity index is 180. The third-order valence-electron chi connectivity index (χ3n) is 4.63. The minimum atomic E-state index is 0.748. The van der Waals surface area contributed by atoms with Gasteiger partial charge in [0.2, 0.25) is 0 Å². The van der Waals surface area contributed by atoms with Crippen molar-refractivity contribution in [3.8, 4) is 0 Å². The van der Waals surface area contributed by atoms with Gasteiger partial charge in [0.05, 0.1) is 0 Å². The van der Waals surface area contributed by atoms with Crippen LogP contribution in [0.3, 0.4) is 0 Å². The smallest absolute Gasteiger partial charge is 0.0295 e. The van der Waals surface area contributed by atoms with E-state index in [2.05, 4.69) is 13.8 Å².